The van der Waals surface area contributed by atoms with E-state index in [-0.39, 0.29) is 17.0 Å². The fourth-order valence-corrected chi connectivity index (χ4v) is 3.42. The van der Waals surface area contributed by atoms with Crippen LogP contribution in [-0.2, 0) is 0 Å². The van der Waals surface area contributed by atoms with Crippen LogP contribution in [0.1, 0.15) is 34.5 Å². The number of anilines is 1. The van der Waals surface area contributed by atoms with Gasteiger partial charge in [0.05, 0.1) is 23.2 Å². The normalized spacial score (nSPS) is 11.9. The second kappa shape index (κ2) is 7.79. The molecule has 0 spiro atoms. The SMILES string of the molecule is Cc1cc(C(C)Nc2ccccc2C(=O)O)c2oc(-c3cnccn3)cc(=O)c2c1. The van der Waals surface area contributed by atoms with Crippen molar-refractivity contribution in [1.29, 1.82) is 0 Å². The van der Waals surface area contributed by atoms with Gasteiger partial charge < -0.3 is 14.8 Å². The molecule has 0 aliphatic carbocycles. The molecule has 0 fully saturated rings. The highest BCUT2D eigenvalue weighted by Crippen LogP contribution is 2.30. The maximum absolute atomic E-state index is 12.8. The summed E-state index contributed by atoms with van der Waals surface area (Å²) in [5, 5.41) is 13.1. The van der Waals surface area contributed by atoms with E-state index < -0.39 is 5.97 Å². The van der Waals surface area contributed by atoms with Crippen LogP contribution in [0.4, 0.5) is 5.69 Å². The molecule has 2 heterocycles. The van der Waals surface area contributed by atoms with Gasteiger partial charge in [0.2, 0.25) is 0 Å². The monoisotopic (exact) mass is 401 g/mol. The molecule has 0 aliphatic heterocycles. The van der Waals surface area contributed by atoms with Crippen LogP contribution in [0.2, 0.25) is 0 Å². The van der Waals surface area contributed by atoms with Crippen LogP contribution in [0.3, 0.4) is 0 Å². The number of nitrogens with zero attached hydrogens (tertiary/aromatic N) is 2. The molecule has 7 heteroatoms. The summed E-state index contributed by atoms with van der Waals surface area (Å²) < 4.78 is 6.09. The van der Waals surface area contributed by atoms with Gasteiger partial charge >= 0.3 is 5.97 Å². The third kappa shape index (κ3) is 3.65. The smallest absolute Gasteiger partial charge is 0.337 e. The van der Waals surface area contributed by atoms with Gasteiger partial charge in [0.25, 0.3) is 0 Å². The summed E-state index contributed by atoms with van der Waals surface area (Å²) in [5.41, 5.74) is 3.01. The number of aromatic nitrogens is 2. The van der Waals surface area contributed by atoms with E-state index in [1.165, 1.54) is 24.5 Å². The molecule has 1 unspecified atom stereocenters. The van der Waals surface area contributed by atoms with Crippen LogP contribution in [0.25, 0.3) is 22.4 Å². The number of hydrogen-bond donors (Lipinski definition) is 2. The van der Waals surface area contributed by atoms with Gasteiger partial charge in [-0.15, -0.1) is 0 Å². The van der Waals surface area contributed by atoms with E-state index in [0.29, 0.717) is 28.1 Å². The number of hydrogen-bond acceptors (Lipinski definition) is 6. The van der Waals surface area contributed by atoms with E-state index in [1.807, 2.05) is 19.9 Å². The largest absolute Gasteiger partial charge is 0.478 e. The molecule has 0 saturated carbocycles. The molecule has 0 radical (unpaired) electrons. The number of fused-ring (bicyclic) bond motifs is 1. The molecule has 0 amide bonds. The summed E-state index contributed by atoms with van der Waals surface area (Å²) in [6, 6.07) is 11.5. The number of carbonyl (C=O) groups is 1. The van der Waals surface area contributed by atoms with Crippen LogP contribution in [0.15, 0.2) is 70.3 Å². The lowest BCUT2D eigenvalue weighted by Gasteiger charge is -2.19. The molecule has 0 saturated heterocycles. The van der Waals surface area contributed by atoms with Crippen LogP contribution >= 0.6 is 0 Å². The summed E-state index contributed by atoms with van der Waals surface area (Å²) in [6.07, 6.45) is 4.61. The Morgan fingerprint density at radius 2 is 1.97 bits per heavy atom. The third-order valence-corrected chi connectivity index (χ3v) is 4.81. The third-order valence-electron chi connectivity index (χ3n) is 4.81. The summed E-state index contributed by atoms with van der Waals surface area (Å²) in [5.74, 6) is -0.695. The minimum absolute atomic E-state index is 0.169. The highest BCUT2D eigenvalue weighted by atomic mass is 16.4. The zero-order chi connectivity index (χ0) is 21.3. The predicted octanol–water partition coefficient (Wildman–Crippen LogP) is 4.43. The highest BCUT2D eigenvalue weighted by molar-refractivity contribution is 5.94. The molecule has 0 bridgehead atoms. The van der Waals surface area contributed by atoms with Crippen molar-refractivity contribution in [3.63, 3.8) is 0 Å². The Morgan fingerprint density at radius 1 is 1.17 bits per heavy atom. The van der Waals surface area contributed by atoms with Crippen molar-refractivity contribution < 1.29 is 14.3 Å². The lowest BCUT2D eigenvalue weighted by Crippen LogP contribution is -2.12. The Kier molecular flexibility index (Phi) is 5.02. The lowest BCUT2D eigenvalue weighted by atomic mass is 10.0. The fourth-order valence-electron chi connectivity index (χ4n) is 3.42. The van der Waals surface area contributed by atoms with E-state index in [9.17, 15) is 14.7 Å². The van der Waals surface area contributed by atoms with Crippen LogP contribution in [0.5, 0.6) is 0 Å². The molecule has 2 aromatic heterocycles. The van der Waals surface area contributed by atoms with Gasteiger partial charge in [-0.1, -0.05) is 18.2 Å². The van der Waals surface area contributed by atoms with Gasteiger partial charge in [0.15, 0.2) is 11.2 Å². The second-order valence-electron chi connectivity index (χ2n) is 7.01. The summed E-state index contributed by atoms with van der Waals surface area (Å²) in [6.45, 7) is 3.79. The van der Waals surface area contributed by atoms with Crippen molar-refractivity contribution in [3.8, 4) is 11.5 Å². The first-order chi connectivity index (χ1) is 14.4. The average molecular weight is 401 g/mol. The van der Waals surface area contributed by atoms with E-state index >= 15 is 0 Å². The molecule has 150 valence electrons. The van der Waals surface area contributed by atoms with Gasteiger partial charge in [-0.25, -0.2) is 9.78 Å². The van der Waals surface area contributed by atoms with Crippen molar-refractivity contribution in [2.75, 3.05) is 5.32 Å². The molecule has 7 nitrogen and oxygen atoms in total. The molecular weight excluding hydrogens is 382 g/mol. The number of benzene rings is 2. The Labute approximate surface area is 172 Å². The van der Waals surface area contributed by atoms with Gasteiger partial charge in [-0.3, -0.25) is 9.78 Å². The molecule has 2 aromatic carbocycles. The van der Waals surface area contributed by atoms with Crippen molar-refractivity contribution in [3.05, 3.63) is 88.0 Å². The van der Waals surface area contributed by atoms with Gasteiger partial charge in [-0.05, 0) is 37.6 Å². The first-order valence-corrected chi connectivity index (χ1v) is 9.37. The Morgan fingerprint density at radius 3 is 2.70 bits per heavy atom. The van der Waals surface area contributed by atoms with Crippen LogP contribution in [-0.4, -0.2) is 21.0 Å². The molecule has 1 atom stereocenters. The Balaban J connectivity index is 1.85. The minimum atomic E-state index is -1.02. The summed E-state index contributed by atoms with van der Waals surface area (Å²) in [7, 11) is 0. The van der Waals surface area contributed by atoms with Crippen molar-refractivity contribution in [2.24, 2.45) is 0 Å². The Bertz CT molecular complexity index is 1300. The standard InChI is InChI=1S/C23H19N3O4/c1-13-9-16(14(2)26-18-6-4-3-5-15(18)23(28)29)22-17(10-13)20(27)11-21(30-22)19-12-24-7-8-25-19/h3-12,14,26H,1-2H3,(H,28,29). The number of rotatable bonds is 5. The first-order valence-electron chi connectivity index (χ1n) is 9.37. The average Bonchev–Trinajstić information content (AvgIpc) is 2.74. The molecule has 2 N–H and O–H groups in total. The van der Waals surface area contributed by atoms with Gasteiger partial charge in [0, 0.05) is 29.7 Å². The van der Waals surface area contributed by atoms with Crippen molar-refractivity contribution >= 4 is 22.6 Å². The highest BCUT2D eigenvalue weighted by Gasteiger charge is 2.18. The Hall–Kier alpha value is -4.00. The maximum Gasteiger partial charge on any atom is 0.337 e. The van der Waals surface area contributed by atoms with Gasteiger partial charge in [0.1, 0.15) is 11.3 Å². The number of nitrogens with one attached hydrogen (secondary N) is 1. The van der Waals surface area contributed by atoms with Crippen molar-refractivity contribution in [2.45, 2.75) is 19.9 Å². The topological polar surface area (TPSA) is 105 Å². The molecule has 4 aromatic rings. The fraction of sp³-hybridized carbons (Fsp3) is 0.130. The van der Waals surface area contributed by atoms with Crippen molar-refractivity contribution in [1.82, 2.24) is 9.97 Å². The number of carboxylic acids is 1. The zero-order valence-electron chi connectivity index (χ0n) is 16.4. The summed E-state index contributed by atoms with van der Waals surface area (Å²) in [4.78, 5) is 32.6. The first kappa shape index (κ1) is 19.3. The summed E-state index contributed by atoms with van der Waals surface area (Å²) >= 11 is 0. The van der Waals surface area contributed by atoms with Crippen LogP contribution < -0.4 is 10.7 Å². The minimum Gasteiger partial charge on any atom is -0.478 e. The van der Waals surface area contributed by atoms with E-state index in [4.69, 9.17) is 4.42 Å². The van der Waals surface area contributed by atoms with Gasteiger partial charge in [-0.2, -0.15) is 0 Å². The molecule has 30 heavy (non-hydrogen) atoms. The quantitative estimate of drug-likeness (QED) is 0.510. The van der Waals surface area contributed by atoms with Crippen LogP contribution in [0, 0.1) is 6.92 Å². The van der Waals surface area contributed by atoms with E-state index in [2.05, 4.69) is 15.3 Å². The second-order valence-corrected chi connectivity index (χ2v) is 7.01. The lowest BCUT2D eigenvalue weighted by molar-refractivity contribution is 0.0698. The number of aryl methyl sites for hydroxylation is 1. The number of para-hydroxylation sites is 1. The molecule has 0 aliphatic rings. The number of carboxylic acid groups (broad SMARTS) is 1. The van der Waals surface area contributed by atoms with E-state index in [0.717, 1.165) is 11.1 Å². The number of aromatic carboxylic acids is 1. The molecular formula is C23H19N3O4. The maximum atomic E-state index is 12.8. The molecule has 4 rings (SSSR count). The zero-order valence-corrected chi connectivity index (χ0v) is 16.4. The van der Waals surface area contributed by atoms with E-state index in [1.54, 1.807) is 30.5 Å². The predicted molar refractivity (Wildman–Crippen MR) is 114 cm³/mol.